The first kappa shape index (κ1) is 10.2. The van der Waals surface area contributed by atoms with E-state index in [1.807, 2.05) is 0 Å². The molecule has 3 rings (SSSR count). The predicted molar refractivity (Wildman–Crippen MR) is 62.6 cm³/mol. The Morgan fingerprint density at radius 2 is 2.38 bits per heavy atom. The number of nitrogens with zero attached hydrogens (tertiary/aromatic N) is 3. The van der Waals surface area contributed by atoms with Crippen LogP contribution < -0.4 is 4.74 Å². The summed E-state index contributed by atoms with van der Waals surface area (Å²) in [7, 11) is 1.66. The molecule has 1 aromatic heterocycles. The summed E-state index contributed by atoms with van der Waals surface area (Å²) in [5, 5.41) is 0. The van der Waals surface area contributed by atoms with Crippen molar-refractivity contribution in [2.75, 3.05) is 20.2 Å². The average molecular weight is 237 g/mol. The van der Waals surface area contributed by atoms with E-state index in [0.717, 1.165) is 24.7 Å². The second-order valence-corrected chi connectivity index (χ2v) is 4.91. The van der Waals surface area contributed by atoms with E-state index in [4.69, 9.17) is 4.74 Å². The van der Waals surface area contributed by atoms with Gasteiger partial charge in [-0.15, -0.1) is 4.37 Å². The minimum Gasteiger partial charge on any atom is -0.479 e. The molecule has 1 aromatic rings. The molecule has 0 N–H and O–H groups in total. The lowest BCUT2D eigenvalue weighted by atomic mass is 9.91. The fourth-order valence-electron chi connectivity index (χ4n) is 2.61. The molecule has 2 aliphatic heterocycles. The molecule has 0 spiro atoms. The highest BCUT2D eigenvalue weighted by Gasteiger charge is 2.31. The topological polar surface area (TPSA) is 38.3 Å². The number of hydrogen-bond donors (Lipinski definition) is 0. The van der Waals surface area contributed by atoms with Gasteiger partial charge in [-0.2, -0.15) is 4.37 Å². The summed E-state index contributed by atoms with van der Waals surface area (Å²) in [6, 6.07) is 0.269. The smallest absolute Gasteiger partial charge is 0.250 e. The monoisotopic (exact) mass is 237 g/mol. The van der Waals surface area contributed by atoms with Gasteiger partial charge in [-0.25, -0.2) is 0 Å². The molecule has 3 unspecified atom stereocenters. The molecule has 16 heavy (non-hydrogen) atoms. The molecule has 3 atom stereocenters. The van der Waals surface area contributed by atoms with E-state index in [2.05, 4.69) is 25.8 Å². The first-order valence-electron chi connectivity index (χ1n) is 5.67. The number of rotatable bonds is 2. The van der Waals surface area contributed by atoms with E-state index < -0.39 is 0 Å². The van der Waals surface area contributed by atoms with Gasteiger partial charge in [-0.05, 0) is 25.3 Å². The van der Waals surface area contributed by atoms with E-state index in [0.29, 0.717) is 5.88 Å². The zero-order valence-electron chi connectivity index (χ0n) is 9.30. The minimum atomic E-state index is 0.269. The third-order valence-electron chi connectivity index (χ3n) is 3.40. The van der Waals surface area contributed by atoms with Gasteiger partial charge < -0.3 is 4.74 Å². The number of ether oxygens (including phenoxy) is 1. The van der Waals surface area contributed by atoms with Gasteiger partial charge in [0, 0.05) is 6.54 Å². The minimum absolute atomic E-state index is 0.269. The van der Waals surface area contributed by atoms with Crippen LogP contribution in [0.2, 0.25) is 0 Å². The molecule has 0 aromatic carbocycles. The van der Waals surface area contributed by atoms with Crippen molar-refractivity contribution in [2.45, 2.75) is 18.9 Å². The van der Waals surface area contributed by atoms with Crippen LogP contribution in [0.4, 0.5) is 0 Å². The molecule has 0 saturated carbocycles. The van der Waals surface area contributed by atoms with Gasteiger partial charge in [0.1, 0.15) is 5.69 Å². The van der Waals surface area contributed by atoms with Gasteiger partial charge in [0.05, 0.1) is 24.9 Å². The molecule has 1 fully saturated rings. The zero-order valence-corrected chi connectivity index (χ0v) is 10.1. The van der Waals surface area contributed by atoms with Gasteiger partial charge in [0.15, 0.2) is 0 Å². The summed E-state index contributed by atoms with van der Waals surface area (Å²) in [6.07, 6.45) is 7.20. The third-order valence-corrected chi connectivity index (χ3v) is 3.93. The van der Waals surface area contributed by atoms with Crippen LogP contribution in [0.25, 0.3) is 0 Å². The second kappa shape index (κ2) is 4.14. The average Bonchev–Trinajstić information content (AvgIpc) is 2.78. The lowest BCUT2D eigenvalue weighted by Gasteiger charge is -2.39. The SMILES string of the molecule is COc1nsnc1C1C=CC2CCCN1C2. The Balaban J connectivity index is 1.92. The second-order valence-electron chi connectivity index (χ2n) is 4.39. The summed E-state index contributed by atoms with van der Waals surface area (Å²) < 4.78 is 13.8. The molecule has 4 nitrogen and oxygen atoms in total. The van der Waals surface area contributed by atoms with Crippen LogP contribution in [-0.4, -0.2) is 33.8 Å². The summed E-state index contributed by atoms with van der Waals surface area (Å²) in [6.45, 7) is 2.31. The maximum Gasteiger partial charge on any atom is 0.250 e. The highest BCUT2D eigenvalue weighted by molar-refractivity contribution is 6.99. The molecule has 3 heterocycles. The van der Waals surface area contributed by atoms with E-state index in [1.165, 1.54) is 24.6 Å². The van der Waals surface area contributed by atoms with E-state index in [-0.39, 0.29) is 6.04 Å². The van der Waals surface area contributed by atoms with Crippen molar-refractivity contribution >= 4 is 11.7 Å². The summed E-state index contributed by atoms with van der Waals surface area (Å²) in [5.74, 6) is 1.42. The van der Waals surface area contributed by atoms with E-state index in [1.54, 1.807) is 7.11 Å². The van der Waals surface area contributed by atoms with E-state index in [9.17, 15) is 0 Å². The van der Waals surface area contributed by atoms with Crippen LogP contribution in [0, 0.1) is 5.92 Å². The number of piperidine rings is 1. The fourth-order valence-corrected chi connectivity index (χ4v) is 3.17. The van der Waals surface area contributed by atoms with Gasteiger partial charge in [-0.3, -0.25) is 4.90 Å². The van der Waals surface area contributed by atoms with Crippen molar-refractivity contribution in [2.24, 2.45) is 5.92 Å². The summed E-state index contributed by atoms with van der Waals surface area (Å²) in [4.78, 5) is 2.48. The molecular formula is C11H15N3OS. The van der Waals surface area contributed by atoms with E-state index >= 15 is 0 Å². The predicted octanol–water partition coefficient (Wildman–Crippen LogP) is 1.87. The molecule has 5 heteroatoms. The fraction of sp³-hybridized carbons (Fsp3) is 0.636. The number of fused-ring (bicyclic) bond motifs is 2. The van der Waals surface area contributed by atoms with Crippen LogP contribution in [0.15, 0.2) is 12.2 Å². The Labute approximate surface area is 99.2 Å². The molecule has 0 aliphatic carbocycles. The summed E-state index contributed by atoms with van der Waals surface area (Å²) >= 11 is 1.23. The van der Waals surface area contributed by atoms with Crippen molar-refractivity contribution in [3.05, 3.63) is 17.8 Å². The van der Waals surface area contributed by atoms with Crippen molar-refractivity contribution < 1.29 is 4.74 Å². The quantitative estimate of drug-likeness (QED) is 0.736. The highest BCUT2D eigenvalue weighted by Crippen LogP contribution is 2.35. The molecule has 0 radical (unpaired) electrons. The number of methoxy groups -OCH3 is 1. The lowest BCUT2D eigenvalue weighted by Crippen LogP contribution is -2.40. The Morgan fingerprint density at radius 3 is 3.25 bits per heavy atom. The molecule has 2 bridgehead atoms. The van der Waals surface area contributed by atoms with Gasteiger partial charge in [-0.1, -0.05) is 12.2 Å². The van der Waals surface area contributed by atoms with Crippen molar-refractivity contribution in [1.29, 1.82) is 0 Å². The van der Waals surface area contributed by atoms with Crippen LogP contribution in [0.5, 0.6) is 5.88 Å². The maximum absolute atomic E-state index is 5.25. The van der Waals surface area contributed by atoms with Crippen molar-refractivity contribution in [1.82, 2.24) is 13.6 Å². The summed E-state index contributed by atoms with van der Waals surface area (Å²) in [5.41, 5.74) is 0.976. The zero-order chi connectivity index (χ0) is 11.0. The van der Waals surface area contributed by atoms with Crippen LogP contribution in [0.1, 0.15) is 24.6 Å². The first-order chi connectivity index (χ1) is 7.88. The number of hydrogen-bond acceptors (Lipinski definition) is 5. The van der Waals surface area contributed by atoms with Crippen LogP contribution >= 0.6 is 11.7 Å². The molecule has 2 aliphatic rings. The third kappa shape index (κ3) is 1.64. The van der Waals surface area contributed by atoms with Crippen LogP contribution in [-0.2, 0) is 0 Å². The van der Waals surface area contributed by atoms with Crippen molar-refractivity contribution in [3.63, 3.8) is 0 Å². The largest absolute Gasteiger partial charge is 0.479 e. The lowest BCUT2D eigenvalue weighted by molar-refractivity contribution is 0.146. The Hall–Kier alpha value is -0.940. The van der Waals surface area contributed by atoms with Gasteiger partial charge >= 0.3 is 0 Å². The maximum atomic E-state index is 5.25. The molecule has 1 saturated heterocycles. The van der Waals surface area contributed by atoms with Crippen molar-refractivity contribution in [3.8, 4) is 5.88 Å². The van der Waals surface area contributed by atoms with Gasteiger partial charge in [0.25, 0.3) is 5.88 Å². The standard InChI is InChI=1S/C11H15N3OS/c1-15-11-10(12-16-13-11)9-5-4-8-3-2-6-14(9)7-8/h4-5,8-9H,2-3,6-7H2,1H3. The molecule has 86 valence electrons. The Morgan fingerprint density at radius 1 is 1.44 bits per heavy atom. The normalized spacial score (nSPS) is 32.7. The van der Waals surface area contributed by atoms with Gasteiger partial charge in [0.2, 0.25) is 0 Å². The first-order valence-corrected chi connectivity index (χ1v) is 6.40. The number of aromatic nitrogens is 2. The Bertz CT molecular complexity index is 404. The molecule has 0 amide bonds. The Kier molecular flexibility index (Phi) is 2.65. The van der Waals surface area contributed by atoms with Crippen LogP contribution in [0.3, 0.4) is 0 Å². The molecular weight excluding hydrogens is 222 g/mol. The highest BCUT2D eigenvalue weighted by atomic mass is 32.1.